The van der Waals surface area contributed by atoms with Gasteiger partial charge in [0.25, 0.3) is 0 Å². The summed E-state index contributed by atoms with van der Waals surface area (Å²) in [6.45, 7) is 1.06. The molecule has 246 valence electrons. The molecule has 0 bridgehead atoms. The van der Waals surface area contributed by atoms with Crippen LogP contribution in [-0.4, -0.2) is 75.5 Å². The number of carbonyl (C=O) groups is 5. The van der Waals surface area contributed by atoms with Crippen molar-refractivity contribution in [1.29, 1.82) is 0 Å². The van der Waals surface area contributed by atoms with E-state index in [-0.39, 0.29) is 31.6 Å². The van der Waals surface area contributed by atoms with Gasteiger partial charge < -0.3 is 42.2 Å². The van der Waals surface area contributed by atoms with E-state index in [1.54, 1.807) is 42.6 Å². The van der Waals surface area contributed by atoms with Gasteiger partial charge in [0.1, 0.15) is 29.9 Å². The number of H-pyrrole nitrogens is 1. The second-order valence-electron chi connectivity index (χ2n) is 11.1. The lowest BCUT2D eigenvalue weighted by Gasteiger charge is -2.25. The number of nitrogens with one attached hydrogen (secondary N) is 5. The smallest absolute Gasteiger partial charge is 0.326 e. The molecule has 1 aromatic heterocycles. The molecule has 47 heavy (non-hydrogen) atoms. The Kier molecular flexibility index (Phi) is 11.7. The zero-order chi connectivity index (χ0) is 33.9. The third-order valence-corrected chi connectivity index (χ3v) is 7.59. The van der Waals surface area contributed by atoms with E-state index in [1.807, 2.05) is 30.3 Å². The first-order chi connectivity index (χ1) is 22.5. The first-order valence-corrected chi connectivity index (χ1v) is 15.0. The summed E-state index contributed by atoms with van der Waals surface area (Å²) >= 11 is 0. The highest BCUT2D eigenvalue weighted by Crippen LogP contribution is 2.19. The third kappa shape index (κ3) is 9.65. The van der Waals surface area contributed by atoms with Gasteiger partial charge in [-0.2, -0.15) is 0 Å². The van der Waals surface area contributed by atoms with Gasteiger partial charge in [-0.05, 0) is 41.8 Å². The Bertz CT molecular complexity index is 1710. The first-order valence-electron chi connectivity index (χ1n) is 15.0. The average molecular weight is 643 g/mol. The summed E-state index contributed by atoms with van der Waals surface area (Å²) in [5, 5.41) is 30.4. The molecule has 9 N–H and O–H groups in total. The molecule has 0 aliphatic rings. The highest BCUT2D eigenvalue weighted by molar-refractivity contribution is 5.96. The number of carboxylic acids is 1. The van der Waals surface area contributed by atoms with E-state index in [1.165, 1.54) is 19.1 Å². The maximum absolute atomic E-state index is 13.7. The summed E-state index contributed by atoms with van der Waals surface area (Å²) in [6.07, 6.45) is 1.85. The molecule has 0 radical (unpaired) electrons. The highest BCUT2D eigenvalue weighted by Gasteiger charge is 2.30. The molecule has 0 aliphatic carbocycles. The molecule has 4 aromatic rings. The van der Waals surface area contributed by atoms with Crippen LogP contribution >= 0.6 is 0 Å². The molecule has 13 heteroatoms. The molecule has 0 saturated heterocycles. The zero-order valence-corrected chi connectivity index (χ0v) is 25.7. The van der Waals surface area contributed by atoms with Crippen molar-refractivity contribution in [3.05, 3.63) is 102 Å². The molecular formula is C34H38N6O7. The molecule has 4 amide bonds. The van der Waals surface area contributed by atoms with Crippen molar-refractivity contribution in [3.8, 4) is 5.75 Å². The quantitative estimate of drug-likeness (QED) is 0.0930. The van der Waals surface area contributed by atoms with Gasteiger partial charge in [-0.1, -0.05) is 60.7 Å². The summed E-state index contributed by atoms with van der Waals surface area (Å²) in [6, 6.07) is 17.6. The van der Waals surface area contributed by atoms with E-state index in [0.717, 1.165) is 22.0 Å². The number of aromatic amines is 1. The number of phenolic OH excluding ortho intramolecular Hbond substituents is 1. The Morgan fingerprint density at radius 3 is 1.96 bits per heavy atom. The van der Waals surface area contributed by atoms with Gasteiger partial charge in [-0.15, -0.1) is 0 Å². The molecule has 0 spiro atoms. The molecular weight excluding hydrogens is 604 g/mol. The number of rotatable bonds is 15. The Balaban J connectivity index is 1.52. The van der Waals surface area contributed by atoms with Crippen LogP contribution in [0, 0.1) is 0 Å². The Labute approximate surface area is 270 Å². The SMILES string of the molecule is C[C@H](NC(=O)[C@H](Cc1c[nH]c2ccccc12)NC(=O)[C@H](Cc1ccccc1)NC(=O)CN)C(=O)N[C@@H](Cc1ccc(O)cc1)C(=O)O. The van der Waals surface area contributed by atoms with E-state index in [9.17, 15) is 34.2 Å². The van der Waals surface area contributed by atoms with E-state index >= 15 is 0 Å². The number of para-hydroxylation sites is 1. The number of benzene rings is 3. The summed E-state index contributed by atoms with van der Waals surface area (Å²) in [4.78, 5) is 67.7. The molecule has 1 heterocycles. The van der Waals surface area contributed by atoms with E-state index in [0.29, 0.717) is 5.56 Å². The van der Waals surface area contributed by atoms with Crippen molar-refractivity contribution in [1.82, 2.24) is 26.3 Å². The summed E-state index contributed by atoms with van der Waals surface area (Å²) < 4.78 is 0. The zero-order valence-electron chi connectivity index (χ0n) is 25.7. The lowest BCUT2D eigenvalue weighted by atomic mass is 10.0. The van der Waals surface area contributed by atoms with Crippen molar-refractivity contribution in [2.75, 3.05) is 6.54 Å². The van der Waals surface area contributed by atoms with Gasteiger partial charge >= 0.3 is 5.97 Å². The number of carboxylic acid groups (broad SMARTS) is 1. The van der Waals surface area contributed by atoms with Crippen LogP contribution in [-0.2, 0) is 43.2 Å². The molecule has 4 atom stereocenters. The number of hydrogen-bond donors (Lipinski definition) is 8. The lowest BCUT2D eigenvalue weighted by Crippen LogP contribution is -2.58. The molecule has 4 rings (SSSR count). The van der Waals surface area contributed by atoms with Gasteiger partial charge in [0.2, 0.25) is 23.6 Å². The maximum atomic E-state index is 13.7. The fraction of sp³-hybridized carbons (Fsp3) is 0.265. The second kappa shape index (κ2) is 16.0. The van der Waals surface area contributed by atoms with Crippen LogP contribution in [0.2, 0.25) is 0 Å². The molecule has 0 fully saturated rings. The molecule has 13 nitrogen and oxygen atoms in total. The van der Waals surface area contributed by atoms with Crippen LogP contribution in [0.1, 0.15) is 23.6 Å². The minimum atomic E-state index is -1.31. The van der Waals surface area contributed by atoms with Crippen LogP contribution in [0.5, 0.6) is 5.75 Å². The maximum Gasteiger partial charge on any atom is 0.326 e. The number of fused-ring (bicyclic) bond motifs is 1. The number of aromatic nitrogens is 1. The van der Waals surface area contributed by atoms with Crippen molar-refractivity contribution >= 4 is 40.5 Å². The van der Waals surface area contributed by atoms with Crippen molar-refractivity contribution < 1.29 is 34.2 Å². The minimum Gasteiger partial charge on any atom is -0.508 e. The predicted molar refractivity (Wildman–Crippen MR) is 174 cm³/mol. The number of amides is 4. The fourth-order valence-electron chi connectivity index (χ4n) is 5.06. The molecule has 0 saturated carbocycles. The van der Waals surface area contributed by atoms with Crippen LogP contribution in [0.25, 0.3) is 10.9 Å². The Morgan fingerprint density at radius 1 is 0.702 bits per heavy atom. The topological polar surface area (TPSA) is 216 Å². The number of hydrogen-bond acceptors (Lipinski definition) is 7. The average Bonchev–Trinajstić information content (AvgIpc) is 3.47. The Hall–Kier alpha value is -5.69. The summed E-state index contributed by atoms with van der Waals surface area (Å²) in [7, 11) is 0. The standard InChI is InChI=1S/C34H38N6O7/c1-20(31(43)40-29(34(46)47)16-22-11-13-24(41)14-12-22)37-32(44)28(17-23-19-36-26-10-6-5-9-25(23)26)39-33(45)27(38-30(42)18-35)15-21-7-3-2-4-8-21/h2-14,19-20,27-29,36,41H,15-18,35H2,1H3,(H,37,44)(H,38,42)(H,39,45)(H,40,43)(H,46,47)/t20-,27-,28-,29-/m0/s1. The van der Waals surface area contributed by atoms with E-state index in [2.05, 4.69) is 26.3 Å². The van der Waals surface area contributed by atoms with Crippen molar-refractivity contribution in [2.24, 2.45) is 5.73 Å². The summed E-state index contributed by atoms with van der Waals surface area (Å²) in [5.41, 5.74) is 8.39. The highest BCUT2D eigenvalue weighted by atomic mass is 16.4. The van der Waals surface area contributed by atoms with Gasteiger partial charge in [-0.25, -0.2) is 4.79 Å². The molecule has 3 aromatic carbocycles. The van der Waals surface area contributed by atoms with Crippen molar-refractivity contribution in [2.45, 2.75) is 50.4 Å². The van der Waals surface area contributed by atoms with Crippen LogP contribution < -0.4 is 27.0 Å². The van der Waals surface area contributed by atoms with E-state index < -0.39 is 53.8 Å². The molecule has 0 aliphatic heterocycles. The van der Waals surface area contributed by atoms with Gasteiger partial charge in [0.05, 0.1) is 6.54 Å². The fourth-order valence-corrected chi connectivity index (χ4v) is 5.06. The van der Waals surface area contributed by atoms with Gasteiger partial charge in [0.15, 0.2) is 0 Å². The number of carbonyl (C=O) groups excluding carboxylic acids is 4. The van der Waals surface area contributed by atoms with Crippen LogP contribution in [0.4, 0.5) is 0 Å². The lowest BCUT2D eigenvalue weighted by molar-refractivity contribution is -0.142. The number of aromatic hydroxyl groups is 1. The number of nitrogens with two attached hydrogens (primary N) is 1. The Morgan fingerprint density at radius 2 is 1.28 bits per heavy atom. The van der Waals surface area contributed by atoms with Gasteiger partial charge in [-0.3, -0.25) is 19.2 Å². The predicted octanol–water partition coefficient (Wildman–Crippen LogP) is 0.904. The van der Waals surface area contributed by atoms with Crippen LogP contribution in [0.3, 0.4) is 0 Å². The van der Waals surface area contributed by atoms with E-state index in [4.69, 9.17) is 5.73 Å². The molecule has 0 unspecified atom stereocenters. The normalized spacial score (nSPS) is 13.5. The van der Waals surface area contributed by atoms with Gasteiger partial charge in [0, 0.05) is 36.4 Å². The monoisotopic (exact) mass is 642 g/mol. The third-order valence-electron chi connectivity index (χ3n) is 7.59. The number of aliphatic carboxylic acids is 1. The minimum absolute atomic E-state index is 0.0171. The second-order valence-corrected chi connectivity index (χ2v) is 11.1. The first kappa shape index (κ1) is 34.2. The van der Waals surface area contributed by atoms with Crippen molar-refractivity contribution in [3.63, 3.8) is 0 Å². The largest absolute Gasteiger partial charge is 0.508 e. The number of phenols is 1. The van der Waals surface area contributed by atoms with Crippen LogP contribution in [0.15, 0.2) is 85.1 Å². The summed E-state index contributed by atoms with van der Waals surface area (Å²) in [5.74, 6) is -3.89.